The Bertz CT molecular complexity index is 397. The first kappa shape index (κ1) is 14.9. The number of ether oxygens (including phenoxy) is 1. The van der Waals surface area contributed by atoms with Crippen LogP contribution in [0.25, 0.3) is 0 Å². The van der Waals surface area contributed by atoms with E-state index in [4.69, 9.17) is 9.84 Å². The van der Waals surface area contributed by atoms with Crippen LogP contribution in [0.3, 0.4) is 0 Å². The van der Waals surface area contributed by atoms with Crippen LogP contribution in [0.5, 0.6) is 0 Å². The van der Waals surface area contributed by atoms with Crippen LogP contribution >= 0.6 is 11.8 Å². The molecule has 0 aromatic heterocycles. The molecule has 106 valence electrons. The van der Waals surface area contributed by atoms with E-state index in [-0.39, 0.29) is 6.61 Å². The van der Waals surface area contributed by atoms with Crippen LogP contribution in [-0.2, 0) is 11.3 Å². The Morgan fingerprint density at radius 2 is 2.32 bits per heavy atom. The summed E-state index contributed by atoms with van der Waals surface area (Å²) in [4.78, 5) is 3.68. The molecule has 1 aliphatic rings. The van der Waals surface area contributed by atoms with Gasteiger partial charge in [-0.05, 0) is 31.5 Å². The number of benzene rings is 1. The molecule has 1 aromatic carbocycles. The summed E-state index contributed by atoms with van der Waals surface area (Å²) < 4.78 is 5.82. The molecule has 1 aliphatic heterocycles. The predicted molar refractivity (Wildman–Crippen MR) is 79.5 cm³/mol. The van der Waals surface area contributed by atoms with E-state index in [0.29, 0.717) is 12.1 Å². The van der Waals surface area contributed by atoms with Crippen LogP contribution in [0, 0.1) is 0 Å². The highest BCUT2D eigenvalue weighted by Gasteiger charge is 2.22. The van der Waals surface area contributed by atoms with E-state index in [1.807, 2.05) is 30.0 Å². The molecule has 1 unspecified atom stereocenters. The van der Waals surface area contributed by atoms with Crippen molar-refractivity contribution in [2.45, 2.75) is 37.5 Å². The predicted octanol–water partition coefficient (Wildman–Crippen LogP) is 2.38. The fraction of sp³-hybridized carbons (Fsp3) is 0.600. The first-order valence-corrected chi connectivity index (χ1v) is 7.86. The van der Waals surface area contributed by atoms with Crippen molar-refractivity contribution in [1.82, 2.24) is 4.90 Å². The maximum Gasteiger partial charge on any atom is 0.0796 e. The third-order valence-electron chi connectivity index (χ3n) is 3.42. The number of hydrogen-bond acceptors (Lipinski definition) is 4. The van der Waals surface area contributed by atoms with Gasteiger partial charge in [-0.15, -0.1) is 11.8 Å². The molecule has 1 saturated heterocycles. The zero-order valence-corrected chi connectivity index (χ0v) is 12.5. The minimum atomic E-state index is 0.107. The third kappa shape index (κ3) is 4.49. The number of morpholine rings is 1. The van der Waals surface area contributed by atoms with E-state index in [2.05, 4.69) is 24.8 Å². The summed E-state index contributed by atoms with van der Waals surface area (Å²) in [5, 5.41) is 9.13. The molecule has 0 bridgehead atoms. The fourth-order valence-electron chi connectivity index (χ4n) is 2.23. The largest absolute Gasteiger partial charge is 0.392 e. The molecular weight excluding hydrogens is 258 g/mol. The molecule has 1 heterocycles. The Kier molecular flexibility index (Phi) is 5.70. The van der Waals surface area contributed by atoms with Gasteiger partial charge in [0.25, 0.3) is 0 Å². The maximum atomic E-state index is 9.13. The van der Waals surface area contributed by atoms with Gasteiger partial charge in [-0.1, -0.05) is 12.1 Å². The van der Waals surface area contributed by atoms with Crippen molar-refractivity contribution in [3.05, 3.63) is 29.8 Å². The maximum absolute atomic E-state index is 9.13. The van der Waals surface area contributed by atoms with Crippen molar-refractivity contribution in [2.75, 3.05) is 25.4 Å². The summed E-state index contributed by atoms with van der Waals surface area (Å²) in [7, 11) is 0. The lowest BCUT2D eigenvalue weighted by Crippen LogP contribution is -2.46. The van der Waals surface area contributed by atoms with Gasteiger partial charge >= 0.3 is 0 Å². The zero-order valence-electron chi connectivity index (χ0n) is 11.7. The van der Waals surface area contributed by atoms with Gasteiger partial charge in [-0.25, -0.2) is 0 Å². The molecule has 19 heavy (non-hydrogen) atoms. The normalized spacial score (nSPS) is 20.9. The lowest BCUT2D eigenvalue weighted by Gasteiger charge is -2.35. The number of nitrogens with zero attached hydrogens (tertiary/aromatic N) is 1. The number of rotatable bonds is 5. The molecule has 3 nitrogen and oxygen atoms in total. The smallest absolute Gasteiger partial charge is 0.0796 e. The van der Waals surface area contributed by atoms with Crippen LogP contribution in [0.1, 0.15) is 19.4 Å². The molecule has 0 saturated carbocycles. The number of hydrogen-bond donors (Lipinski definition) is 1. The van der Waals surface area contributed by atoms with E-state index >= 15 is 0 Å². The highest BCUT2D eigenvalue weighted by Crippen LogP contribution is 2.22. The number of aliphatic hydroxyl groups excluding tert-OH is 1. The Morgan fingerprint density at radius 3 is 3.05 bits per heavy atom. The second kappa shape index (κ2) is 7.29. The lowest BCUT2D eigenvalue weighted by molar-refractivity contribution is -0.0265. The summed E-state index contributed by atoms with van der Waals surface area (Å²) >= 11 is 1.81. The van der Waals surface area contributed by atoms with Crippen molar-refractivity contribution < 1.29 is 9.84 Å². The Labute approximate surface area is 120 Å². The summed E-state index contributed by atoms with van der Waals surface area (Å²) in [5.74, 6) is 0.970. The van der Waals surface area contributed by atoms with Gasteiger partial charge in [0.1, 0.15) is 0 Å². The van der Waals surface area contributed by atoms with Gasteiger partial charge in [0, 0.05) is 29.8 Å². The average molecular weight is 281 g/mol. The molecule has 4 heteroatoms. The molecular formula is C15H23NO2S. The molecule has 1 N–H and O–H groups in total. The van der Waals surface area contributed by atoms with Crippen LogP contribution in [-0.4, -0.2) is 47.6 Å². The van der Waals surface area contributed by atoms with Gasteiger partial charge in [-0.2, -0.15) is 0 Å². The first-order valence-electron chi connectivity index (χ1n) is 6.87. The Balaban J connectivity index is 1.84. The SMILES string of the molecule is CC(C)N1CCOC(CSc2cccc(CO)c2)C1. The van der Waals surface area contributed by atoms with Crippen LogP contribution in [0.15, 0.2) is 29.2 Å². The summed E-state index contributed by atoms with van der Waals surface area (Å²) in [6.07, 6.45) is 0.305. The van der Waals surface area contributed by atoms with Crippen molar-refractivity contribution in [2.24, 2.45) is 0 Å². The van der Waals surface area contributed by atoms with Gasteiger partial charge in [-0.3, -0.25) is 4.90 Å². The van der Waals surface area contributed by atoms with E-state index in [9.17, 15) is 0 Å². The van der Waals surface area contributed by atoms with Crippen molar-refractivity contribution >= 4 is 11.8 Å². The second-order valence-corrected chi connectivity index (χ2v) is 6.29. The van der Waals surface area contributed by atoms with E-state index in [1.54, 1.807) is 0 Å². The molecule has 1 atom stereocenters. The summed E-state index contributed by atoms with van der Waals surface area (Å²) in [6.45, 7) is 7.47. The minimum absolute atomic E-state index is 0.107. The molecule has 0 amide bonds. The first-order chi connectivity index (χ1) is 9.19. The second-order valence-electron chi connectivity index (χ2n) is 5.20. The van der Waals surface area contributed by atoms with Crippen LogP contribution in [0.4, 0.5) is 0 Å². The number of thioether (sulfide) groups is 1. The highest BCUT2D eigenvalue weighted by molar-refractivity contribution is 7.99. The Morgan fingerprint density at radius 1 is 1.47 bits per heavy atom. The molecule has 1 fully saturated rings. The van der Waals surface area contributed by atoms with Crippen molar-refractivity contribution in [3.8, 4) is 0 Å². The van der Waals surface area contributed by atoms with Crippen molar-refractivity contribution in [3.63, 3.8) is 0 Å². The molecule has 0 spiro atoms. The summed E-state index contributed by atoms with van der Waals surface area (Å²) in [5.41, 5.74) is 0.971. The third-order valence-corrected chi connectivity index (χ3v) is 4.54. The van der Waals surface area contributed by atoms with Crippen molar-refractivity contribution in [1.29, 1.82) is 0 Å². The molecule has 0 aliphatic carbocycles. The standard InChI is InChI=1S/C15H23NO2S/c1-12(2)16-6-7-18-14(9-16)11-19-15-5-3-4-13(8-15)10-17/h3-5,8,12,14,17H,6-7,9-11H2,1-2H3. The summed E-state index contributed by atoms with van der Waals surface area (Å²) in [6, 6.07) is 8.67. The molecule has 2 rings (SSSR count). The minimum Gasteiger partial charge on any atom is -0.392 e. The molecule has 1 aromatic rings. The topological polar surface area (TPSA) is 32.7 Å². The lowest BCUT2D eigenvalue weighted by atomic mass is 10.2. The highest BCUT2D eigenvalue weighted by atomic mass is 32.2. The van der Waals surface area contributed by atoms with Gasteiger partial charge in [0.2, 0.25) is 0 Å². The average Bonchev–Trinajstić information content (AvgIpc) is 2.45. The van der Waals surface area contributed by atoms with E-state index in [0.717, 1.165) is 31.0 Å². The van der Waals surface area contributed by atoms with Crippen LogP contribution < -0.4 is 0 Å². The molecule has 0 radical (unpaired) electrons. The zero-order chi connectivity index (χ0) is 13.7. The quantitative estimate of drug-likeness (QED) is 0.840. The van der Waals surface area contributed by atoms with Gasteiger partial charge in [0.15, 0.2) is 0 Å². The van der Waals surface area contributed by atoms with Gasteiger partial charge in [0.05, 0.1) is 19.3 Å². The Hall–Kier alpha value is -0.550. The van der Waals surface area contributed by atoms with E-state index < -0.39 is 0 Å². The van der Waals surface area contributed by atoms with Crippen LogP contribution in [0.2, 0.25) is 0 Å². The fourth-order valence-corrected chi connectivity index (χ4v) is 3.22. The van der Waals surface area contributed by atoms with Gasteiger partial charge < -0.3 is 9.84 Å². The number of aliphatic hydroxyl groups is 1. The monoisotopic (exact) mass is 281 g/mol. The van der Waals surface area contributed by atoms with E-state index in [1.165, 1.54) is 4.90 Å².